The maximum absolute atomic E-state index is 12.2. The lowest BCUT2D eigenvalue weighted by molar-refractivity contribution is 0.102. The molecule has 0 saturated carbocycles. The average molecular weight is 317 g/mol. The number of amides is 1. The van der Waals surface area contributed by atoms with Gasteiger partial charge in [-0.3, -0.25) is 10.1 Å². The molecule has 1 amide bonds. The van der Waals surface area contributed by atoms with Crippen LogP contribution in [0.4, 0.5) is 6.01 Å². The van der Waals surface area contributed by atoms with Crippen molar-refractivity contribution in [3.05, 3.63) is 41.3 Å². The van der Waals surface area contributed by atoms with Crippen molar-refractivity contribution in [3.63, 3.8) is 0 Å². The Labute approximate surface area is 129 Å². The number of carbonyl (C=O) groups excluding carboxylic acids is 1. The molecule has 0 spiro atoms. The Kier molecular flexibility index (Phi) is 3.75. The molecular formula is C14H11N3O4S. The maximum atomic E-state index is 12.2. The van der Waals surface area contributed by atoms with Gasteiger partial charge in [-0.15, -0.1) is 16.4 Å². The molecule has 0 atom stereocenters. The number of phenolic OH excluding ortho intramolecular Hbond substituents is 1. The lowest BCUT2D eigenvalue weighted by Crippen LogP contribution is -2.13. The molecule has 1 aromatic carbocycles. The van der Waals surface area contributed by atoms with Gasteiger partial charge in [0, 0.05) is 6.07 Å². The largest absolute Gasteiger partial charge is 0.508 e. The third-order valence-electron chi connectivity index (χ3n) is 2.81. The minimum atomic E-state index is -0.474. The van der Waals surface area contributed by atoms with Gasteiger partial charge in [0.15, 0.2) is 0 Å². The monoisotopic (exact) mass is 317 g/mol. The van der Waals surface area contributed by atoms with Crippen molar-refractivity contribution in [2.24, 2.45) is 0 Å². The summed E-state index contributed by atoms with van der Waals surface area (Å²) in [6.07, 6.45) is 0. The molecule has 0 aliphatic carbocycles. The van der Waals surface area contributed by atoms with Gasteiger partial charge in [-0.1, -0.05) is 11.2 Å². The summed E-state index contributed by atoms with van der Waals surface area (Å²) in [4.78, 5) is 13.0. The van der Waals surface area contributed by atoms with Gasteiger partial charge in [-0.05, 0) is 23.6 Å². The van der Waals surface area contributed by atoms with Crippen LogP contribution in [0.1, 0.15) is 10.4 Å². The van der Waals surface area contributed by atoms with E-state index in [4.69, 9.17) is 9.15 Å². The highest BCUT2D eigenvalue weighted by Crippen LogP contribution is 2.26. The predicted molar refractivity (Wildman–Crippen MR) is 80.2 cm³/mol. The molecule has 3 aromatic rings. The number of thiophene rings is 1. The fraction of sp³-hybridized carbons (Fsp3) is 0.0714. The normalized spacial score (nSPS) is 10.4. The predicted octanol–water partition coefficient (Wildman–Crippen LogP) is 2.76. The number of carbonyl (C=O) groups is 1. The number of methoxy groups -OCH3 is 1. The summed E-state index contributed by atoms with van der Waals surface area (Å²) in [7, 11) is 1.41. The Morgan fingerprint density at radius 2 is 2.23 bits per heavy atom. The van der Waals surface area contributed by atoms with Crippen LogP contribution >= 0.6 is 11.3 Å². The van der Waals surface area contributed by atoms with Gasteiger partial charge in [0.1, 0.15) is 11.5 Å². The van der Waals surface area contributed by atoms with E-state index in [1.807, 2.05) is 17.5 Å². The molecule has 0 aliphatic rings. The number of rotatable bonds is 4. The zero-order valence-corrected chi connectivity index (χ0v) is 12.3. The second kappa shape index (κ2) is 5.86. The second-order valence-electron chi connectivity index (χ2n) is 4.23. The van der Waals surface area contributed by atoms with E-state index in [1.54, 1.807) is 0 Å². The van der Waals surface area contributed by atoms with Crippen LogP contribution in [0.25, 0.3) is 10.8 Å². The quantitative estimate of drug-likeness (QED) is 0.768. The smallest absolute Gasteiger partial charge is 0.322 e. The Hall–Kier alpha value is -2.87. The fourth-order valence-corrected chi connectivity index (χ4v) is 2.45. The number of nitrogens with zero attached hydrogens (tertiary/aromatic N) is 2. The minimum absolute atomic E-state index is 0.00571. The Morgan fingerprint density at radius 1 is 1.36 bits per heavy atom. The number of phenols is 1. The van der Waals surface area contributed by atoms with Crippen LogP contribution in [-0.2, 0) is 0 Å². The van der Waals surface area contributed by atoms with Gasteiger partial charge < -0.3 is 14.3 Å². The van der Waals surface area contributed by atoms with E-state index in [0.29, 0.717) is 5.89 Å². The van der Waals surface area contributed by atoms with Crippen LogP contribution in [0.2, 0.25) is 0 Å². The maximum Gasteiger partial charge on any atom is 0.322 e. The number of aromatic nitrogens is 2. The van der Waals surface area contributed by atoms with Crippen molar-refractivity contribution in [3.8, 4) is 22.3 Å². The van der Waals surface area contributed by atoms with Crippen LogP contribution in [0.3, 0.4) is 0 Å². The van der Waals surface area contributed by atoms with Gasteiger partial charge in [0.05, 0.1) is 17.6 Å². The molecule has 8 heteroatoms. The Bertz CT molecular complexity index is 798. The molecule has 3 rings (SSSR count). The summed E-state index contributed by atoms with van der Waals surface area (Å²) in [6.45, 7) is 0. The zero-order valence-electron chi connectivity index (χ0n) is 11.4. The van der Waals surface area contributed by atoms with E-state index in [2.05, 4.69) is 15.5 Å². The molecule has 0 aliphatic heterocycles. The third kappa shape index (κ3) is 2.77. The Morgan fingerprint density at radius 3 is 2.95 bits per heavy atom. The molecule has 0 unspecified atom stereocenters. The van der Waals surface area contributed by atoms with Gasteiger partial charge in [0.25, 0.3) is 11.8 Å². The standard InChI is InChI=1S/C14H11N3O4S/c1-20-10-7-8(18)4-5-9(10)12(19)15-14-17-16-13(21-14)11-3-2-6-22-11/h2-7,18H,1H3,(H,15,17,19). The van der Waals surface area contributed by atoms with E-state index in [9.17, 15) is 9.90 Å². The summed E-state index contributed by atoms with van der Waals surface area (Å²) in [5.74, 6) is 0.114. The average Bonchev–Trinajstić information content (AvgIpc) is 3.17. The first-order valence-corrected chi connectivity index (χ1v) is 7.11. The van der Waals surface area contributed by atoms with E-state index >= 15 is 0 Å². The topological polar surface area (TPSA) is 97.5 Å². The fourth-order valence-electron chi connectivity index (χ4n) is 1.81. The number of nitrogens with one attached hydrogen (secondary N) is 1. The number of ether oxygens (including phenoxy) is 1. The lowest BCUT2D eigenvalue weighted by Gasteiger charge is -2.07. The SMILES string of the molecule is COc1cc(O)ccc1C(=O)Nc1nnc(-c2cccs2)o1. The highest BCUT2D eigenvalue weighted by atomic mass is 32.1. The molecule has 22 heavy (non-hydrogen) atoms. The number of benzene rings is 1. The number of aromatic hydroxyl groups is 1. The molecule has 0 bridgehead atoms. The van der Waals surface area contributed by atoms with Gasteiger partial charge >= 0.3 is 6.01 Å². The molecule has 2 N–H and O–H groups in total. The van der Waals surface area contributed by atoms with Crippen molar-refractivity contribution in [1.29, 1.82) is 0 Å². The first-order valence-electron chi connectivity index (χ1n) is 6.23. The molecule has 7 nitrogen and oxygen atoms in total. The molecule has 2 heterocycles. The van der Waals surface area contributed by atoms with Crippen LogP contribution in [0.15, 0.2) is 40.1 Å². The number of hydrogen-bond acceptors (Lipinski definition) is 7. The van der Waals surface area contributed by atoms with Crippen LogP contribution < -0.4 is 10.1 Å². The summed E-state index contributed by atoms with van der Waals surface area (Å²) in [5.41, 5.74) is 0.246. The third-order valence-corrected chi connectivity index (χ3v) is 3.67. The van der Waals surface area contributed by atoms with Crippen LogP contribution in [0, 0.1) is 0 Å². The first-order chi connectivity index (χ1) is 10.7. The highest BCUT2D eigenvalue weighted by molar-refractivity contribution is 7.13. The number of anilines is 1. The van der Waals surface area contributed by atoms with Gasteiger partial charge in [0.2, 0.25) is 0 Å². The van der Waals surface area contributed by atoms with Crippen molar-refractivity contribution >= 4 is 23.3 Å². The number of hydrogen-bond donors (Lipinski definition) is 2. The van der Waals surface area contributed by atoms with Crippen LogP contribution in [-0.4, -0.2) is 28.3 Å². The van der Waals surface area contributed by atoms with E-state index in [0.717, 1.165) is 4.88 Å². The van der Waals surface area contributed by atoms with Crippen molar-refractivity contribution in [2.45, 2.75) is 0 Å². The lowest BCUT2D eigenvalue weighted by atomic mass is 10.2. The zero-order chi connectivity index (χ0) is 15.5. The minimum Gasteiger partial charge on any atom is -0.508 e. The highest BCUT2D eigenvalue weighted by Gasteiger charge is 2.16. The first kappa shape index (κ1) is 14.1. The summed E-state index contributed by atoms with van der Waals surface area (Å²) < 4.78 is 10.4. The van der Waals surface area contributed by atoms with Crippen molar-refractivity contribution < 1.29 is 19.1 Å². The molecule has 112 valence electrons. The van der Waals surface area contributed by atoms with Gasteiger partial charge in [-0.2, -0.15) is 0 Å². The van der Waals surface area contributed by atoms with Gasteiger partial charge in [-0.25, -0.2) is 0 Å². The second-order valence-corrected chi connectivity index (χ2v) is 5.18. The Balaban J connectivity index is 1.80. The van der Waals surface area contributed by atoms with Crippen molar-refractivity contribution in [2.75, 3.05) is 12.4 Å². The summed E-state index contributed by atoms with van der Waals surface area (Å²) >= 11 is 1.46. The molecular weight excluding hydrogens is 306 g/mol. The van der Waals surface area contributed by atoms with E-state index in [1.165, 1.54) is 36.6 Å². The molecule has 0 radical (unpaired) electrons. The molecule has 0 saturated heterocycles. The van der Waals surface area contributed by atoms with E-state index < -0.39 is 5.91 Å². The summed E-state index contributed by atoms with van der Waals surface area (Å²) in [6, 6.07) is 7.88. The van der Waals surface area contributed by atoms with E-state index in [-0.39, 0.29) is 23.1 Å². The van der Waals surface area contributed by atoms with Crippen LogP contribution in [0.5, 0.6) is 11.5 Å². The molecule has 0 fully saturated rings. The van der Waals surface area contributed by atoms with Crippen molar-refractivity contribution in [1.82, 2.24) is 10.2 Å². The molecule has 2 aromatic heterocycles. The summed E-state index contributed by atoms with van der Waals surface area (Å²) in [5, 5.41) is 21.4.